The summed E-state index contributed by atoms with van der Waals surface area (Å²) in [4.78, 5) is 22.7. The van der Waals surface area contributed by atoms with Gasteiger partial charge in [0.2, 0.25) is 0 Å². The predicted molar refractivity (Wildman–Crippen MR) is 79.0 cm³/mol. The maximum Gasteiger partial charge on any atom is 0.339 e. The van der Waals surface area contributed by atoms with Crippen molar-refractivity contribution in [3.63, 3.8) is 0 Å². The van der Waals surface area contributed by atoms with E-state index < -0.39 is 22.8 Å². The number of hydrogen-bond donors (Lipinski definition) is 3. The van der Waals surface area contributed by atoms with E-state index in [2.05, 4.69) is 10.6 Å². The Balaban J connectivity index is 2.60. The molecule has 1 aromatic rings. The van der Waals surface area contributed by atoms with E-state index >= 15 is 0 Å². The first kappa shape index (κ1) is 16.5. The standard InChI is InChI=1S/C12H15ClN2O4S/c1-20(19)7-3-6-14-12(18)15-9-5-2-4-8(13)10(9)11(16)17/h2,4-5H,3,6-7H2,1H3,(H,16,17)(H2,14,15,18). The molecular formula is C12H15ClN2O4S. The van der Waals surface area contributed by atoms with Crippen molar-refractivity contribution in [2.75, 3.05) is 23.9 Å². The van der Waals surface area contributed by atoms with Crippen LogP contribution in [0, 0.1) is 0 Å². The van der Waals surface area contributed by atoms with Crippen LogP contribution in [-0.2, 0) is 10.8 Å². The molecule has 1 rings (SSSR count). The minimum absolute atomic E-state index is 0.0525. The van der Waals surface area contributed by atoms with Gasteiger partial charge in [0.05, 0.1) is 10.7 Å². The number of rotatable bonds is 6. The second-order valence-electron chi connectivity index (χ2n) is 3.98. The van der Waals surface area contributed by atoms with Gasteiger partial charge in [0, 0.05) is 29.4 Å². The smallest absolute Gasteiger partial charge is 0.339 e. The number of carbonyl (C=O) groups excluding carboxylic acids is 1. The molecule has 0 fully saturated rings. The normalized spacial score (nSPS) is 11.7. The van der Waals surface area contributed by atoms with E-state index in [-0.39, 0.29) is 16.3 Å². The highest BCUT2D eigenvalue weighted by Gasteiger charge is 2.15. The Kier molecular flexibility index (Phi) is 6.47. The highest BCUT2D eigenvalue weighted by Crippen LogP contribution is 2.24. The fraction of sp³-hybridized carbons (Fsp3) is 0.333. The molecule has 1 unspecified atom stereocenters. The van der Waals surface area contributed by atoms with Gasteiger partial charge in [0.1, 0.15) is 5.56 Å². The number of carbonyl (C=O) groups is 2. The third-order valence-corrected chi connectivity index (χ3v) is 3.55. The summed E-state index contributed by atoms with van der Waals surface area (Å²) < 4.78 is 10.8. The predicted octanol–water partition coefficient (Wildman–Crippen LogP) is 1.93. The van der Waals surface area contributed by atoms with Crippen LogP contribution in [0.5, 0.6) is 0 Å². The van der Waals surface area contributed by atoms with Crippen LogP contribution in [-0.4, -0.2) is 39.9 Å². The molecule has 0 saturated carbocycles. The largest absolute Gasteiger partial charge is 0.478 e. The zero-order chi connectivity index (χ0) is 15.1. The van der Waals surface area contributed by atoms with Crippen molar-refractivity contribution >= 4 is 40.1 Å². The van der Waals surface area contributed by atoms with Crippen molar-refractivity contribution < 1.29 is 18.9 Å². The van der Waals surface area contributed by atoms with Gasteiger partial charge in [-0.3, -0.25) is 4.21 Å². The first-order valence-corrected chi connectivity index (χ1v) is 7.89. The van der Waals surface area contributed by atoms with Crippen molar-refractivity contribution in [3.05, 3.63) is 28.8 Å². The number of hydrogen-bond acceptors (Lipinski definition) is 3. The molecule has 20 heavy (non-hydrogen) atoms. The van der Waals surface area contributed by atoms with Gasteiger partial charge in [-0.1, -0.05) is 17.7 Å². The fourth-order valence-corrected chi connectivity index (χ4v) is 2.30. The van der Waals surface area contributed by atoms with Crippen LogP contribution < -0.4 is 10.6 Å². The summed E-state index contributed by atoms with van der Waals surface area (Å²) in [7, 11) is -0.898. The van der Waals surface area contributed by atoms with Crippen molar-refractivity contribution in [3.8, 4) is 0 Å². The van der Waals surface area contributed by atoms with E-state index in [1.165, 1.54) is 12.1 Å². The van der Waals surface area contributed by atoms with Crippen molar-refractivity contribution in [1.82, 2.24) is 5.32 Å². The number of carboxylic acids is 1. The molecule has 110 valence electrons. The van der Waals surface area contributed by atoms with Crippen LogP contribution in [0.3, 0.4) is 0 Å². The Morgan fingerprint density at radius 1 is 1.40 bits per heavy atom. The van der Waals surface area contributed by atoms with Crippen LogP contribution in [0.25, 0.3) is 0 Å². The Morgan fingerprint density at radius 2 is 2.10 bits per heavy atom. The van der Waals surface area contributed by atoms with Gasteiger partial charge < -0.3 is 15.7 Å². The third kappa shape index (κ3) is 5.18. The van der Waals surface area contributed by atoms with Crippen molar-refractivity contribution in [1.29, 1.82) is 0 Å². The molecule has 8 heteroatoms. The van der Waals surface area contributed by atoms with E-state index in [1.54, 1.807) is 12.3 Å². The lowest BCUT2D eigenvalue weighted by Crippen LogP contribution is -2.30. The van der Waals surface area contributed by atoms with Gasteiger partial charge in [0.15, 0.2) is 0 Å². The van der Waals surface area contributed by atoms with E-state index in [1.807, 2.05) is 0 Å². The summed E-state index contributed by atoms with van der Waals surface area (Å²) in [6.45, 7) is 0.356. The molecule has 0 aliphatic carbocycles. The molecule has 1 atom stereocenters. The van der Waals surface area contributed by atoms with E-state index in [0.717, 1.165) is 0 Å². The first-order valence-electron chi connectivity index (χ1n) is 5.78. The first-order chi connectivity index (χ1) is 9.41. The lowest BCUT2D eigenvalue weighted by molar-refractivity contribution is 0.0698. The van der Waals surface area contributed by atoms with Crippen molar-refractivity contribution in [2.45, 2.75) is 6.42 Å². The molecule has 0 heterocycles. The minimum atomic E-state index is -1.22. The Bertz CT molecular complexity index is 536. The highest BCUT2D eigenvalue weighted by molar-refractivity contribution is 7.84. The molecule has 0 radical (unpaired) electrons. The molecule has 0 saturated heterocycles. The lowest BCUT2D eigenvalue weighted by Gasteiger charge is -2.10. The molecule has 2 amide bonds. The monoisotopic (exact) mass is 318 g/mol. The van der Waals surface area contributed by atoms with Crippen LogP contribution in [0.1, 0.15) is 16.8 Å². The van der Waals surface area contributed by atoms with Crippen molar-refractivity contribution in [2.24, 2.45) is 0 Å². The summed E-state index contributed by atoms with van der Waals surface area (Å²) in [6, 6.07) is 3.90. The van der Waals surface area contributed by atoms with Gasteiger partial charge in [-0.15, -0.1) is 0 Å². The zero-order valence-corrected chi connectivity index (χ0v) is 12.4. The van der Waals surface area contributed by atoms with Gasteiger partial charge in [0.25, 0.3) is 0 Å². The molecule has 0 aromatic heterocycles. The SMILES string of the molecule is CS(=O)CCCNC(=O)Nc1cccc(Cl)c1C(=O)O. The molecule has 1 aromatic carbocycles. The number of anilines is 1. The van der Waals surface area contributed by atoms with E-state index in [9.17, 15) is 13.8 Å². The maximum absolute atomic E-state index is 11.6. The van der Waals surface area contributed by atoms with E-state index in [0.29, 0.717) is 18.7 Å². The number of halogens is 1. The number of aromatic carboxylic acids is 1. The molecule has 3 N–H and O–H groups in total. The second kappa shape index (κ2) is 7.86. The number of urea groups is 1. The van der Waals surface area contributed by atoms with Crippen LogP contribution in [0.4, 0.5) is 10.5 Å². The Morgan fingerprint density at radius 3 is 2.70 bits per heavy atom. The quantitative estimate of drug-likeness (QED) is 0.698. The summed E-state index contributed by atoms with van der Waals surface area (Å²) >= 11 is 5.78. The number of amides is 2. The van der Waals surface area contributed by atoms with Gasteiger partial charge in [-0.05, 0) is 18.6 Å². The topological polar surface area (TPSA) is 95.5 Å². The van der Waals surface area contributed by atoms with E-state index in [4.69, 9.17) is 16.7 Å². The van der Waals surface area contributed by atoms with Crippen LogP contribution in [0.2, 0.25) is 5.02 Å². The summed E-state index contributed by atoms with van der Waals surface area (Å²) in [6.07, 6.45) is 2.17. The lowest BCUT2D eigenvalue weighted by atomic mass is 10.2. The number of carboxylic acid groups (broad SMARTS) is 1. The highest BCUT2D eigenvalue weighted by atomic mass is 35.5. The van der Waals surface area contributed by atoms with Crippen LogP contribution >= 0.6 is 11.6 Å². The molecular weight excluding hydrogens is 304 g/mol. The van der Waals surface area contributed by atoms with Gasteiger partial charge in [-0.25, -0.2) is 9.59 Å². The number of nitrogens with one attached hydrogen (secondary N) is 2. The summed E-state index contributed by atoms with van der Waals surface area (Å²) in [5, 5.41) is 14.1. The third-order valence-electron chi connectivity index (χ3n) is 2.37. The molecule has 0 aliphatic rings. The summed E-state index contributed by atoms with van der Waals surface area (Å²) in [5.74, 6) is -0.718. The van der Waals surface area contributed by atoms with Gasteiger partial charge in [-0.2, -0.15) is 0 Å². The van der Waals surface area contributed by atoms with Gasteiger partial charge >= 0.3 is 12.0 Å². The molecule has 0 bridgehead atoms. The zero-order valence-electron chi connectivity index (χ0n) is 10.8. The van der Waals surface area contributed by atoms with Crippen LogP contribution in [0.15, 0.2) is 18.2 Å². The molecule has 6 nitrogen and oxygen atoms in total. The average Bonchev–Trinajstić information content (AvgIpc) is 2.34. The minimum Gasteiger partial charge on any atom is -0.478 e. The maximum atomic E-state index is 11.6. The number of benzene rings is 1. The molecule has 0 aliphatic heterocycles. The molecule has 0 spiro atoms. The fourth-order valence-electron chi connectivity index (χ4n) is 1.49. The Labute approximate surface area is 124 Å². The summed E-state index contributed by atoms with van der Waals surface area (Å²) in [5.41, 5.74) is -0.0273. The second-order valence-corrected chi connectivity index (χ2v) is 5.94. The average molecular weight is 319 g/mol. The Hall–Kier alpha value is -1.60.